The summed E-state index contributed by atoms with van der Waals surface area (Å²) in [6, 6.07) is -0.0434. The molecule has 0 aromatic rings. The molecule has 2 atom stereocenters. The number of rotatable bonds is 2. The summed E-state index contributed by atoms with van der Waals surface area (Å²) in [6.07, 6.45) is 1.90. The van der Waals surface area contributed by atoms with Gasteiger partial charge < -0.3 is 15.5 Å². The Morgan fingerprint density at radius 3 is 2.89 bits per heavy atom. The van der Waals surface area contributed by atoms with Crippen molar-refractivity contribution in [1.29, 1.82) is 0 Å². The Labute approximate surface area is 106 Å². The second kappa shape index (κ2) is 5.22. The second-order valence-corrected chi connectivity index (χ2v) is 5.18. The zero-order valence-corrected chi connectivity index (χ0v) is 10.7. The third-order valence-corrected chi connectivity index (χ3v) is 3.60. The number of nitrogens with zero attached hydrogens (tertiary/aromatic N) is 1. The lowest BCUT2D eigenvalue weighted by Gasteiger charge is -2.35. The van der Waals surface area contributed by atoms with Crippen LogP contribution in [0.15, 0.2) is 0 Å². The Bertz CT molecular complexity index is 342. The van der Waals surface area contributed by atoms with Crippen molar-refractivity contribution in [3.63, 3.8) is 0 Å². The van der Waals surface area contributed by atoms with Gasteiger partial charge in [0.15, 0.2) is 0 Å². The molecule has 2 heterocycles. The standard InChI is InChI=1S/C12H20FN3O2/c1-9(17)15-10-3-2-6-16(7-10)11(18)12(13)4-5-14-8-12/h10,14H,2-8H2,1H3,(H,15,17). The lowest BCUT2D eigenvalue weighted by molar-refractivity contribution is -0.144. The van der Waals surface area contributed by atoms with E-state index in [9.17, 15) is 14.0 Å². The molecule has 0 aromatic carbocycles. The van der Waals surface area contributed by atoms with Gasteiger partial charge in [-0.1, -0.05) is 0 Å². The first-order chi connectivity index (χ1) is 8.51. The van der Waals surface area contributed by atoms with Crippen LogP contribution in [-0.4, -0.2) is 54.6 Å². The van der Waals surface area contributed by atoms with Gasteiger partial charge in [0, 0.05) is 39.0 Å². The molecule has 0 aliphatic carbocycles. The molecular formula is C12H20FN3O2. The van der Waals surface area contributed by atoms with Crippen molar-refractivity contribution in [3.05, 3.63) is 0 Å². The number of likely N-dealkylation sites (tertiary alicyclic amines) is 1. The van der Waals surface area contributed by atoms with Gasteiger partial charge in [-0.3, -0.25) is 9.59 Å². The molecule has 2 fully saturated rings. The highest BCUT2D eigenvalue weighted by molar-refractivity contribution is 5.86. The molecule has 0 radical (unpaired) electrons. The van der Waals surface area contributed by atoms with Crippen molar-refractivity contribution in [2.45, 2.75) is 37.9 Å². The molecule has 0 bridgehead atoms. The first-order valence-electron chi connectivity index (χ1n) is 6.47. The average Bonchev–Trinajstić information content (AvgIpc) is 2.76. The largest absolute Gasteiger partial charge is 0.352 e. The summed E-state index contributed by atoms with van der Waals surface area (Å²) < 4.78 is 14.3. The Balaban J connectivity index is 1.95. The van der Waals surface area contributed by atoms with Crippen LogP contribution in [0.2, 0.25) is 0 Å². The van der Waals surface area contributed by atoms with E-state index in [0.717, 1.165) is 12.8 Å². The van der Waals surface area contributed by atoms with Crippen LogP contribution >= 0.6 is 0 Å². The molecule has 2 N–H and O–H groups in total. The number of nitrogens with one attached hydrogen (secondary N) is 2. The van der Waals surface area contributed by atoms with Crippen LogP contribution in [0.25, 0.3) is 0 Å². The number of alkyl halides is 1. The molecule has 2 amide bonds. The first-order valence-corrected chi connectivity index (χ1v) is 6.47. The Morgan fingerprint density at radius 1 is 1.50 bits per heavy atom. The van der Waals surface area contributed by atoms with Gasteiger partial charge in [0.05, 0.1) is 0 Å². The van der Waals surface area contributed by atoms with E-state index in [0.29, 0.717) is 19.6 Å². The van der Waals surface area contributed by atoms with Crippen LogP contribution in [0, 0.1) is 0 Å². The summed E-state index contributed by atoms with van der Waals surface area (Å²) in [5.74, 6) is -0.533. The molecule has 5 nitrogen and oxygen atoms in total. The third kappa shape index (κ3) is 2.80. The number of piperidine rings is 1. The number of carbonyl (C=O) groups excluding carboxylic acids is 2. The monoisotopic (exact) mass is 257 g/mol. The minimum absolute atomic E-state index is 0.0434. The number of hydrogen-bond acceptors (Lipinski definition) is 3. The molecular weight excluding hydrogens is 237 g/mol. The van der Waals surface area contributed by atoms with Crippen molar-refractivity contribution in [2.75, 3.05) is 26.2 Å². The molecule has 6 heteroatoms. The maximum Gasteiger partial charge on any atom is 0.261 e. The van der Waals surface area contributed by atoms with Gasteiger partial charge in [0.1, 0.15) is 0 Å². The topological polar surface area (TPSA) is 61.4 Å². The van der Waals surface area contributed by atoms with Gasteiger partial charge in [0.2, 0.25) is 11.6 Å². The van der Waals surface area contributed by atoms with E-state index in [1.165, 1.54) is 6.92 Å². The van der Waals surface area contributed by atoms with Crippen molar-refractivity contribution >= 4 is 11.8 Å². The fourth-order valence-electron chi connectivity index (χ4n) is 2.69. The maximum absolute atomic E-state index is 14.3. The summed E-state index contributed by atoms with van der Waals surface area (Å²) in [5, 5.41) is 5.68. The summed E-state index contributed by atoms with van der Waals surface area (Å²) in [6.45, 7) is 3.11. The summed E-state index contributed by atoms with van der Waals surface area (Å²) >= 11 is 0. The van der Waals surface area contributed by atoms with E-state index < -0.39 is 11.6 Å². The van der Waals surface area contributed by atoms with Crippen LogP contribution in [0.3, 0.4) is 0 Å². The highest BCUT2D eigenvalue weighted by atomic mass is 19.1. The van der Waals surface area contributed by atoms with Crippen molar-refractivity contribution in [1.82, 2.24) is 15.5 Å². The fourth-order valence-corrected chi connectivity index (χ4v) is 2.69. The normalized spacial score (nSPS) is 32.3. The SMILES string of the molecule is CC(=O)NC1CCCN(C(=O)C2(F)CCNC2)C1. The average molecular weight is 257 g/mol. The predicted molar refractivity (Wildman–Crippen MR) is 64.7 cm³/mol. The summed E-state index contributed by atoms with van der Waals surface area (Å²) in [5.41, 5.74) is -1.75. The van der Waals surface area contributed by atoms with Crippen LogP contribution in [0.1, 0.15) is 26.2 Å². The van der Waals surface area contributed by atoms with E-state index in [-0.39, 0.29) is 24.9 Å². The molecule has 102 valence electrons. The van der Waals surface area contributed by atoms with Gasteiger partial charge in [0.25, 0.3) is 5.91 Å². The van der Waals surface area contributed by atoms with E-state index in [1.54, 1.807) is 4.90 Å². The smallest absolute Gasteiger partial charge is 0.261 e. The zero-order valence-electron chi connectivity index (χ0n) is 10.7. The zero-order chi connectivity index (χ0) is 13.2. The molecule has 2 saturated heterocycles. The third-order valence-electron chi connectivity index (χ3n) is 3.60. The Kier molecular flexibility index (Phi) is 3.85. The van der Waals surface area contributed by atoms with Gasteiger partial charge in [-0.2, -0.15) is 0 Å². The minimum atomic E-state index is -1.75. The number of carbonyl (C=O) groups is 2. The van der Waals surface area contributed by atoms with Crippen LogP contribution < -0.4 is 10.6 Å². The van der Waals surface area contributed by atoms with Gasteiger partial charge >= 0.3 is 0 Å². The van der Waals surface area contributed by atoms with E-state index in [4.69, 9.17) is 0 Å². The fraction of sp³-hybridized carbons (Fsp3) is 0.833. The summed E-state index contributed by atoms with van der Waals surface area (Å²) in [4.78, 5) is 24.7. The van der Waals surface area contributed by atoms with Crippen molar-refractivity contribution < 1.29 is 14.0 Å². The number of hydrogen-bond donors (Lipinski definition) is 2. The predicted octanol–water partition coefficient (Wildman–Crippen LogP) is -0.185. The van der Waals surface area contributed by atoms with E-state index in [1.807, 2.05) is 0 Å². The molecule has 2 aliphatic heterocycles. The van der Waals surface area contributed by atoms with E-state index in [2.05, 4.69) is 10.6 Å². The van der Waals surface area contributed by atoms with Crippen molar-refractivity contribution in [2.24, 2.45) is 0 Å². The molecule has 18 heavy (non-hydrogen) atoms. The van der Waals surface area contributed by atoms with E-state index >= 15 is 0 Å². The summed E-state index contributed by atoms with van der Waals surface area (Å²) in [7, 11) is 0. The lowest BCUT2D eigenvalue weighted by Crippen LogP contribution is -2.55. The molecule has 2 unspecified atom stereocenters. The van der Waals surface area contributed by atoms with Gasteiger partial charge in [-0.05, 0) is 19.4 Å². The number of halogens is 1. The molecule has 0 saturated carbocycles. The Hall–Kier alpha value is -1.17. The van der Waals surface area contributed by atoms with Crippen LogP contribution in [0.5, 0.6) is 0 Å². The van der Waals surface area contributed by atoms with Gasteiger partial charge in [-0.25, -0.2) is 4.39 Å². The first kappa shape index (κ1) is 13.3. The quantitative estimate of drug-likeness (QED) is 0.721. The highest BCUT2D eigenvalue weighted by Crippen LogP contribution is 2.24. The van der Waals surface area contributed by atoms with Crippen LogP contribution in [-0.2, 0) is 9.59 Å². The van der Waals surface area contributed by atoms with Crippen molar-refractivity contribution in [3.8, 4) is 0 Å². The minimum Gasteiger partial charge on any atom is -0.352 e. The molecule has 0 aromatic heterocycles. The molecule has 2 aliphatic rings. The molecule has 2 rings (SSSR count). The van der Waals surface area contributed by atoms with Crippen LogP contribution in [0.4, 0.5) is 4.39 Å². The molecule has 0 spiro atoms. The highest BCUT2D eigenvalue weighted by Gasteiger charge is 2.44. The Morgan fingerprint density at radius 2 is 2.28 bits per heavy atom. The number of amides is 2. The lowest BCUT2D eigenvalue weighted by atomic mass is 9.99. The second-order valence-electron chi connectivity index (χ2n) is 5.18. The van der Waals surface area contributed by atoms with Gasteiger partial charge in [-0.15, -0.1) is 0 Å². The maximum atomic E-state index is 14.3.